The van der Waals surface area contributed by atoms with Crippen LogP contribution in [0.1, 0.15) is 90.4 Å². The van der Waals surface area contributed by atoms with Gasteiger partial charge >= 0.3 is 5.97 Å². The van der Waals surface area contributed by atoms with Crippen molar-refractivity contribution in [2.75, 3.05) is 13.2 Å². The molecule has 0 aliphatic rings. The maximum absolute atomic E-state index is 9.60. The highest BCUT2D eigenvalue weighted by atomic mass is 16.4. The molecule has 0 aliphatic carbocycles. The fourth-order valence-electron chi connectivity index (χ4n) is 2.03. The summed E-state index contributed by atoms with van der Waals surface area (Å²) in [5.74, 6) is -0.711. The molecule has 0 aromatic carbocycles. The topological polar surface area (TPSA) is 77.8 Å². The van der Waals surface area contributed by atoms with Gasteiger partial charge in [0.15, 0.2) is 0 Å². The monoisotopic (exact) mass is 304 g/mol. The molecule has 128 valence electrons. The van der Waals surface area contributed by atoms with Crippen LogP contribution in [0.15, 0.2) is 0 Å². The summed E-state index contributed by atoms with van der Waals surface area (Å²) >= 11 is 0. The van der Waals surface area contributed by atoms with E-state index in [-0.39, 0.29) is 0 Å². The fraction of sp³-hybridized carbons (Fsp3) is 0.941. The molecule has 0 aromatic rings. The van der Waals surface area contributed by atoms with Crippen LogP contribution in [-0.4, -0.2) is 34.5 Å². The minimum absolute atomic E-state index is 0.292. The first kappa shape index (κ1) is 22.7. The smallest absolute Gasteiger partial charge is 0.303 e. The van der Waals surface area contributed by atoms with E-state index in [1.165, 1.54) is 57.8 Å². The van der Waals surface area contributed by atoms with Gasteiger partial charge in [-0.15, -0.1) is 0 Å². The lowest BCUT2D eigenvalue weighted by Crippen LogP contribution is -1.90. The average Bonchev–Trinajstić information content (AvgIpc) is 2.45. The summed E-state index contributed by atoms with van der Waals surface area (Å²) in [6.45, 7) is 2.55. The number of carboxylic acids is 1. The minimum Gasteiger partial charge on any atom is -0.481 e. The highest BCUT2D eigenvalue weighted by Crippen LogP contribution is 2.10. The van der Waals surface area contributed by atoms with Gasteiger partial charge in [0.25, 0.3) is 0 Å². The molecule has 0 rings (SSSR count). The zero-order valence-electron chi connectivity index (χ0n) is 13.9. The third kappa shape index (κ3) is 28.3. The second-order valence-corrected chi connectivity index (χ2v) is 5.48. The predicted molar refractivity (Wildman–Crippen MR) is 87.5 cm³/mol. The van der Waals surface area contributed by atoms with Crippen molar-refractivity contribution in [1.82, 2.24) is 0 Å². The molecule has 4 nitrogen and oxygen atoms in total. The zero-order chi connectivity index (χ0) is 16.2. The summed E-state index contributed by atoms with van der Waals surface area (Å²) in [7, 11) is 0. The molecule has 0 atom stereocenters. The van der Waals surface area contributed by atoms with Gasteiger partial charge in [-0.25, -0.2) is 0 Å². The van der Waals surface area contributed by atoms with Gasteiger partial charge in [0.05, 0.1) is 0 Å². The Morgan fingerprint density at radius 2 is 0.952 bits per heavy atom. The molecule has 0 fully saturated rings. The number of aliphatic hydroxyl groups is 2. The molecule has 0 radical (unpaired) electrons. The van der Waals surface area contributed by atoms with Crippen LogP contribution in [0.3, 0.4) is 0 Å². The third-order valence-electron chi connectivity index (χ3n) is 3.28. The van der Waals surface area contributed by atoms with Gasteiger partial charge in [-0.3, -0.25) is 4.79 Å². The second-order valence-electron chi connectivity index (χ2n) is 5.48. The van der Waals surface area contributed by atoms with Crippen LogP contribution >= 0.6 is 0 Å². The van der Waals surface area contributed by atoms with Crippen LogP contribution in [0.2, 0.25) is 0 Å². The SMILES string of the molecule is CCCC(=O)O.OCCCCCCCCCCCCCO. The number of aliphatic hydroxyl groups excluding tert-OH is 2. The molecule has 0 aromatic heterocycles. The van der Waals surface area contributed by atoms with E-state index in [1.54, 1.807) is 0 Å². The van der Waals surface area contributed by atoms with Crippen molar-refractivity contribution in [3.63, 3.8) is 0 Å². The molecule has 21 heavy (non-hydrogen) atoms. The number of aliphatic carboxylic acids is 1. The lowest BCUT2D eigenvalue weighted by Gasteiger charge is -2.01. The number of hydrogen-bond donors (Lipinski definition) is 3. The Kier molecular flexibility index (Phi) is 23.4. The second kappa shape index (κ2) is 21.7. The molecule has 0 aliphatic heterocycles. The first-order chi connectivity index (χ1) is 10.2. The van der Waals surface area contributed by atoms with Gasteiger partial charge in [-0.2, -0.15) is 0 Å². The lowest BCUT2D eigenvalue weighted by atomic mass is 10.1. The van der Waals surface area contributed by atoms with Gasteiger partial charge in [0.2, 0.25) is 0 Å². The molecule has 0 unspecified atom stereocenters. The van der Waals surface area contributed by atoms with Crippen molar-refractivity contribution in [3.8, 4) is 0 Å². The number of carboxylic acid groups (broad SMARTS) is 1. The normalized spacial score (nSPS) is 10.0. The van der Waals surface area contributed by atoms with Gasteiger partial charge in [0.1, 0.15) is 0 Å². The summed E-state index contributed by atoms with van der Waals surface area (Å²) < 4.78 is 0. The van der Waals surface area contributed by atoms with E-state index in [4.69, 9.17) is 15.3 Å². The predicted octanol–water partition coefficient (Wildman–Crippen LogP) is 4.13. The highest BCUT2D eigenvalue weighted by molar-refractivity contribution is 5.66. The summed E-state index contributed by atoms with van der Waals surface area (Å²) in [5, 5.41) is 25.1. The number of hydrogen-bond acceptors (Lipinski definition) is 3. The minimum atomic E-state index is -0.711. The van der Waals surface area contributed by atoms with Crippen LogP contribution in [0.4, 0.5) is 0 Å². The van der Waals surface area contributed by atoms with E-state index in [1.807, 2.05) is 6.92 Å². The van der Waals surface area contributed by atoms with Gasteiger partial charge in [-0.1, -0.05) is 64.7 Å². The van der Waals surface area contributed by atoms with E-state index >= 15 is 0 Å². The van der Waals surface area contributed by atoms with Crippen LogP contribution < -0.4 is 0 Å². The highest BCUT2D eigenvalue weighted by Gasteiger charge is 1.92. The van der Waals surface area contributed by atoms with Gasteiger partial charge < -0.3 is 15.3 Å². The van der Waals surface area contributed by atoms with E-state index in [2.05, 4.69) is 0 Å². The van der Waals surface area contributed by atoms with Crippen LogP contribution in [0, 0.1) is 0 Å². The third-order valence-corrected chi connectivity index (χ3v) is 3.28. The summed E-state index contributed by atoms with van der Waals surface area (Å²) in [5.41, 5.74) is 0. The molecule has 0 amide bonds. The summed E-state index contributed by atoms with van der Waals surface area (Å²) in [4.78, 5) is 9.60. The Labute approximate surface area is 130 Å². The van der Waals surface area contributed by atoms with E-state index in [0.717, 1.165) is 19.3 Å². The van der Waals surface area contributed by atoms with Crippen LogP contribution in [-0.2, 0) is 4.79 Å². The summed E-state index contributed by atoms with van der Waals surface area (Å²) in [6.07, 6.45) is 14.6. The van der Waals surface area contributed by atoms with Crippen molar-refractivity contribution >= 4 is 5.97 Å². The van der Waals surface area contributed by atoms with Crippen molar-refractivity contribution < 1.29 is 20.1 Å². The van der Waals surface area contributed by atoms with Gasteiger partial charge in [-0.05, 0) is 19.3 Å². The van der Waals surface area contributed by atoms with Crippen molar-refractivity contribution in [2.24, 2.45) is 0 Å². The lowest BCUT2D eigenvalue weighted by molar-refractivity contribution is -0.137. The van der Waals surface area contributed by atoms with Crippen LogP contribution in [0.25, 0.3) is 0 Å². The first-order valence-corrected chi connectivity index (χ1v) is 8.62. The van der Waals surface area contributed by atoms with Crippen LogP contribution in [0.5, 0.6) is 0 Å². The fourth-order valence-corrected chi connectivity index (χ4v) is 2.03. The van der Waals surface area contributed by atoms with Crippen molar-refractivity contribution in [1.29, 1.82) is 0 Å². The Morgan fingerprint density at radius 3 is 1.10 bits per heavy atom. The Bertz CT molecular complexity index is 183. The van der Waals surface area contributed by atoms with Crippen molar-refractivity contribution in [2.45, 2.75) is 90.4 Å². The van der Waals surface area contributed by atoms with Crippen molar-refractivity contribution in [3.05, 3.63) is 0 Å². The molecular weight excluding hydrogens is 268 g/mol. The Balaban J connectivity index is 0. The largest absolute Gasteiger partial charge is 0.481 e. The van der Waals surface area contributed by atoms with Gasteiger partial charge in [0, 0.05) is 19.6 Å². The maximum atomic E-state index is 9.60. The zero-order valence-corrected chi connectivity index (χ0v) is 13.9. The molecule has 0 heterocycles. The Hall–Kier alpha value is -0.610. The molecule has 4 heteroatoms. The Morgan fingerprint density at radius 1 is 0.667 bits per heavy atom. The van der Waals surface area contributed by atoms with E-state index in [9.17, 15) is 4.79 Å². The maximum Gasteiger partial charge on any atom is 0.303 e. The van der Waals surface area contributed by atoms with E-state index in [0.29, 0.717) is 19.6 Å². The average molecular weight is 304 g/mol. The molecule has 0 spiro atoms. The molecule has 0 bridgehead atoms. The quantitative estimate of drug-likeness (QED) is 0.422. The number of unbranched alkanes of at least 4 members (excludes halogenated alkanes) is 10. The standard InChI is InChI=1S/C13H28O2.C4H8O2/c14-12-10-8-6-4-2-1-3-5-7-9-11-13-15;1-2-3-4(5)6/h14-15H,1-13H2;2-3H2,1H3,(H,5,6). The number of rotatable bonds is 14. The summed E-state index contributed by atoms with van der Waals surface area (Å²) in [6, 6.07) is 0. The molecule has 3 N–H and O–H groups in total. The van der Waals surface area contributed by atoms with E-state index < -0.39 is 5.97 Å². The molecule has 0 saturated heterocycles. The molecule has 0 saturated carbocycles. The number of carbonyl (C=O) groups is 1. The molecular formula is C17H36O4. The first-order valence-electron chi connectivity index (χ1n) is 8.62.